The Bertz CT molecular complexity index is 333. The number of carbonyl (C=O) groups excluding carboxylic acids is 2. The second-order valence-electron chi connectivity index (χ2n) is 6.50. The maximum Gasteiger partial charge on any atom is 0.408 e. The number of carbonyl (C=O) groups is 2. The number of alkyl carbamates (subject to hydrolysis) is 1. The highest BCUT2D eigenvalue weighted by Crippen LogP contribution is 2.21. The molecule has 0 saturated carbocycles. The third-order valence-electron chi connectivity index (χ3n) is 2.66. The van der Waals surface area contributed by atoms with Crippen LogP contribution >= 0.6 is 0 Å². The summed E-state index contributed by atoms with van der Waals surface area (Å²) in [5.74, 6) is -0.207. The van der Waals surface area contributed by atoms with Gasteiger partial charge in [-0.15, -0.1) is 0 Å². The van der Waals surface area contributed by atoms with Gasteiger partial charge in [-0.3, -0.25) is 4.79 Å². The summed E-state index contributed by atoms with van der Waals surface area (Å²) >= 11 is 0. The highest BCUT2D eigenvalue weighted by molar-refractivity contribution is 5.86. The van der Waals surface area contributed by atoms with Crippen LogP contribution in [0.25, 0.3) is 0 Å². The molecule has 3 N–H and O–H groups in total. The van der Waals surface area contributed by atoms with Crippen LogP contribution in [-0.4, -0.2) is 49.2 Å². The van der Waals surface area contributed by atoms with E-state index in [0.717, 1.165) is 0 Å². The summed E-state index contributed by atoms with van der Waals surface area (Å²) in [6.07, 6.45) is -0.616. The van der Waals surface area contributed by atoms with Crippen LogP contribution in [0.2, 0.25) is 0 Å². The fourth-order valence-electron chi connectivity index (χ4n) is 1.39. The molecule has 0 heterocycles. The van der Waals surface area contributed by atoms with Crippen molar-refractivity contribution in [3.05, 3.63) is 0 Å². The fourth-order valence-corrected chi connectivity index (χ4v) is 1.39. The van der Waals surface area contributed by atoms with Crippen molar-refractivity contribution in [1.82, 2.24) is 10.2 Å². The summed E-state index contributed by atoms with van der Waals surface area (Å²) in [4.78, 5) is 25.4. The Kier molecular flexibility index (Phi) is 5.81. The number of amides is 2. The number of hydrogen-bond donors (Lipinski definition) is 2. The van der Waals surface area contributed by atoms with E-state index in [-0.39, 0.29) is 12.5 Å². The zero-order valence-electron chi connectivity index (χ0n) is 13.0. The van der Waals surface area contributed by atoms with Gasteiger partial charge in [0.05, 0.1) is 0 Å². The average Bonchev–Trinajstić information content (AvgIpc) is 2.22. The normalized spacial score (nSPS) is 13.7. The molecule has 112 valence electrons. The molecule has 0 aliphatic heterocycles. The van der Waals surface area contributed by atoms with Gasteiger partial charge >= 0.3 is 6.09 Å². The molecule has 19 heavy (non-hydrogen) atoms. The molecule has 2 amide bonds. The van der Waals surface area contributed by atoms with E-state index in [9.17, 15) is 9.59 Å². The van der Waals surface area contributed by atoms with Crippen LogP contribution in [0.5, 0.6) is 0 Å². The quantitative estimate of drug-likeness (QED) is 0.798. The van der Waals surface area contributed by atoms with Crippen molar-refractivity contribution >= 4 is 12.0 Å². The number of nitrogens with two attached hydrogens (primary N) is 1. The van der Waals surface area contributed by atoms with E-state index in [1.165, 1.54) is 4.90 Å². The molecule has 0 aromatic carbocycles. The van der Waals surface area contributed by atoms with Gasteiger partial charge in [0.25, 0.3) is 0 Å². The van der Waals surface area contributed by atoms with Crippen molar-refractivity contribution in [3.8, 4) is 0 Å². The predicted octanol–water partition coefficient (Wildman–Crippen LogP) is 0.953. The lowest BCUT2D eigenvalue weighted by atomic mass is 9.83. The first-order chi connectivity index (χ1) is 8.40. The molecule has 0 rings (SSSR count). The molecular formula is C13H27N3O3. The largest absolute Gasteiger partial charge is 0.444 e. The molecule has 0 saturated heterocycles. The highest BCUT2D eigenvalue weighted by atomic mass is 16.6. The number of hydrogen-bond acceptors (Lipinski definition) is 4. The Morgan fingerprint density at radius 3 is 2.00 bits per heavy atom. The molecule has 6 heteroatoms. The number of nitrogens with zero attached hydrogens (tertiary/aromatic N) is 1. The molecule has 6 nitrogen and oxygen atoms in total. The molecule has 0 bridgehead atoms. The first-order valence-electron chi connectivity index (χ1n) is 6.31. The minimum absolute atomic E-state index is 0.207. The second-order valence-corrected chi connectivity index (χ2v) is 6.50. The molecular weight excluding hydrogens is 246 g/mol. The smallest absolute Gasteiger partial charge is 0.408 e. The van der Waals surface area contributed by atoms with Crippen LogP contribution in [0, 0.1) is 5.41 Å². The lowest BCUT2D eigenvalue weighted by Gasteiger charge is -2.34. The Morgan fingerprint density at radius 1 is 1.21 bits per heavy atom. The van der Waals surface area contributed by atoms with E-state index < -0.39 is 23.2 Å². The Morgan fingerprint density at radius 2 is 1.68 bits per heavy atom. The van der Waals surface area contributed by atoms with Gasteiger partial charge in [-0.1, -0.05) is 13.8 Å². The Labute approximate surface area is 115 Å². The minimum Gasteiger partial charge on any atom is -0.444 e. The summed E-state index contributed by atoms with van der Waals surface area (Å²) in [7, 11) is 3.28. The zero-order valence-corrected chi connectivity index (χ0v) is 13.0. The average molecular weight is 273 g/mol. The van der Waals surface area contributed by atoms with E-state index in [1.807, 2.05) is 13.8 Å². The van der Waals surface area contributed by atoms with E-state index in [2.05, 4.69) is 5.32 Å². The van der Waals surface area contributed by atoms with Crippen LogP contribution in [-0.2, 0) is 9.53 Å². The molecule has 0 radical (unpaired) electrons. The molecule has 0 aromatic heterocycles. The topological polar surface area (TPSA) is 84.7 Å². The van der Waals surface area contributed by atoms with E-state index in [0.29, 0.717) is 0 Å². The van der Waals surface area contributed by atoms with Crippen LogP contribution in [0.15, 0.2) is 0 Å². The van der Waals surface area contributed by atoms with Crippen LogP contribution < -0.4 is 11.1 Å². The lowest BCUT2D eigenvalue weighted by molar-refractivity contribution is -0.133. The summed E-state index contributed by atoms with van der Waals surface area (Å²) < 4.78 is 5.18. The van der Waals surface area contributed by atoms with Crippen molar-refractivity contribution in [2.75, 3.05) is 20.6 Å². The number of ether oxygens (including phenoxy) is 1. The second kappa shape index (κ2) is 6.23. The van der Waals surface area contributed by atoms with Gasteiger partial charge in [-0.2, -0.15) is 0 Å². The first kappa shape index (κ1) is 17.7. The van der Waals surface area contributed by atoms with Crippen molar-refractivity contribution in [1.29, 1.82) is 0 Å². The molecule has 0 aliphatic carbocycles. The van der Waals surface area contributed by atoms with Crippen LogP contribution in [0.1, 0.15) is 34.6 Å². The van der Waals surface area contributed by atoms with E-state index >= 15 is 0 Å². The standard InChI is InChI=1S/C13H27N3O3/c1-12(2,3)19-11(18)15-9(10(17)16(6)7)13(4,5)8-14/h9H,8,14H2,1-7H3,(H,15,18). The molecule has 1 unspecified atom stereocenters. The summed E-state index contributed by atoms with van der Waals surface area (Å²) in [6.45, 7) is 9.23. The highest BCUT2D eigenvalue weighted by Gasteiger charge is 2.37. The summed E-state index contributed by atoms with van der Waals surface area (Å²) in [5.41, 5.74) is 4.52. The van der Waals surface area contributed by atoms with Gasteiger partial charge in [-0.25, -0.2) is 4.79 Å². The minimum atomic E-state index is -0.720. The zero-order chi connectivity index (χ0) is 15.4. The third kappa shape index (κ3) is 5.92. The maximum atomic E-state index is 12.1. The lowest BCUT2D eigenvalue weighted by Crippen LogP contribution is -2.57. The van der Waals surface area contributed by atoms with Crippen LogP contribution in [0.3, 0.4) is 0 Å². The van der Waals surface area contributed by atoms with Gasteiger partial charge in [0.1, 0.15) is 11.6 Å². The maximum absolute atomic E-state index is 12.1. The number of nitrogens with one attached hydrogen (secondary N) is 1. The third-order valence-corrected chi connectivity index (χ3v) is 2.66. The van der Waals surface area contributed by atoms with Crippen molar-refractivity contribution in [2.24, 2.45) is 11.1 Å². The van der Waals surface area contributed by atoms with Gasteiger partial charge in [-0.05, 0) is 27.3 Å². The fraction of sp³-hybridized carbons (Fsp3) is 0.846. The Balaban J connectivity index is 4.99. The summed E-state index contributed by atoms with van der Waals surface area (Å²) in [5, 5.41) is 2.61. The molecule has 0 aromatic rings. The molecule has 1 atom stereocenters. The predicted molar refractivity (Wildman–Crippen MR) is 74.7 cm³/mol. The molecule has 0 aliphatic rings. The first-order valence-corrected chi connectivity index (χ1v) is 6.31. The van der Waals surface area contributed by atoms with Crippen molar-refractivity contribution in [3.63, 3.8) is 0 Å². The van der Waals surface area contributed by atoms with Gasteiger partial charge in [0.2, 0.25) is 5.91 Å². The van der Waals surface area contributed by atoms with Gasteiger partial charge in [0, 0.05) is 19.5 Å². The van der Waals surface area contributed by atoms with Gasteiger partial charge in [0.15, 0.2) is 0 Å². The number of likely N-dealkylation sites (N-methyl/N-ethyl adjacent to an activating group) is 1. The van der Waals surface area contributed by atoms with E-state index in [1.54, 1.807) is 34.9 Å². The number of rotatable bonds is 4. The SMILES string of the molecule is CN(C)C(=O)C(NC(=O)OC(C)(C)C)C(C)(C)CN. The van der Waals surface area contributed by atoms with Crippen LogP contribution in [0.4, 0.5) is 4.79 Å². The van der Waals surface area contributed by atoms with E-state index in [4.69, 9.17) is 10.5 Å². The summed E-state index contributed by atoms with van der Waals surface area (Å²) in [6, 6.07) is -0.720. The molecule has 0 spiro atoms. The Hall–Kier alpha value is -1.30. The molecule has 0 fully saturated rings. The van der Waals surface area contributed by atoms with Crippen molar-refractivity contribution in [2.45, 2.75) is 46.3 Å². The van der Waals surface area contributed by atoms with Gasteiger partial charge < -0.3 is 20.7 Å². The van der Waals surface area contributed by atoms with Crippen molar-refractivity contribution < 1.29 is 14.3 Å². The monoisotopic (exact) mass is 273 g/mol.